The number of phenolic OH excluding ortho intramolecular Hbond substituents is 1. The number of rotatable bonds is 6. The molecule has 1 amide bonds. The summed E-state index contributed by atoms with van der Waals surface area (Å²) in [4.78, 5) is 12.6. The number of nitrogens with one attached hydrogen (secondary N) is 1. The van der Waals surface area contributed by atoms with E-state index in [1.54, 1.807) is 49.4 Å². The molecule has 0 saturated heterocycles. The second-order valence-corrected chi connectivity index (χ2v) is 10.1. The summed E-state index contributed by atoms with van der Waals surface area (Å²) in [6, 6.07) is 15.8. The van der Waals surface area contributed by atoms with Crippen molar-refractivity contribution in [3.63, 3.8) is 0 Å². The van der Waals surface area contributed by atoms with Crippen molar-refractivity contribution in [3.05, 3.63) is 81.8 Å². The van der Waals surface area contributed by atoms with Gasteiger partial charge in [0.15, 0.2) is 5.75 Å². The van der Waals surface area contributed by atoms with Crippen molar-refractivity contribution >= 4 is 67.1 Å². The standard InChI is InChI=1S/C25H19Cl2N3O6S/c1-13-10-18(27)24(37(33,34)35)19(11-13)29-30-21-15-7-4-3-6-14(15)12-16(23(21)31)25(32)28-22-17(26)8-5-9-20(22)36-2/h3-12,31H,1-2H3,(H,28,32)(H,33,34,35). The van der Waals surface area contributed by atoms with Crippen molar-refractivity contribution in [2.24, 2.45) is 10.2 Å². The van der Waals surface area contributed by atoms with Gasteiger partial charge in [0, 0.05) is 5.39 Å². The van der Waals surface area contributed by atoms with Crippen LogP contribution in [0.15, 0.2) is 75.8 Å². The molecule has 4 rings (SSSR count). The molecule has 0 atom stereocenters. The maximum absolute atomic E-state index is 13.2. The number of ether oxygens (including phenoxy) is 1. The van der Waals surface area contributed by atoms with Gasteiger partial charge in [0.1, 0.15) is 27.7 Å². The molecule has 0 unspecified atom stereocenters. The first-order chi connectivity index (χ1) is 17.5. The summed E-state index contributed by atoms with van der Waals surface area (Å²) in [5.41, 5.74) is 0.272. The van der Waals surface area contributed by atoms with Gasteiger partial charge in [0.05, 0.1) is 22.7 Å². The van der Waals surface area contributed by atoms with Crippen LogP contribution in [-0.2, 0) is 10.1 Å². The van der Waals surface area contributed by atoms with Crippen LogP contribution in [0.3, 0.4) is 0 Å². The number of halogens is 2. The second kappa shape index (κ2) is 10.3. The highest BCUT2D eigenvalue weighted by molar-refractivity contribution is 7.86. The minimum absolute atomic E-state index is 0.103. The molecule has 3 N–H and O–H groups in total. The van der Waals surface area contributed by atoms with Gasteiger partial charge in [-0.1, -0.05) is 53.5 Å². The third-order valence-electron chi connectivity index (χ3n) is 5.36. The smallest absolute Gasteiger partial charge is 0.298 e. The molecule has 4 aromatic carbocycles. The minimum atomic E-state index is -4.74. The number of anilines is 1. The summed E-state index contributed by atoms with van der Waals surface area (Å²) in [5.74, 6) is -0.906. The zero-order valence-electron chi connectivity index (χ0n) is 19.4. The molecule has 0 aliphatic heterocycles. The van der Waals surface area contributed by atoms with Gasteiger partial charge in [-0.25, -0.2) is 0 Å². The van der Waals surface area contributed by atoms with Gasteiger partial charge in [-0.3, -0.25) is 9.35 Å². The van der Waals surface area contributed by atoms with Crippen molar-refractivity contribution < 1.29 is 27.6 Å². The molecule has 37 heavy (non-hydrogen) atoms. The van der Waals surface area contributed by atoms with Crippen molar-refractivity contribution in [1.29, 1.82) is 0 Å². The number of aryl methyl sites for hydroxylation is 1. The van der Waals surface area contributed by atoms with Gasteiger partial charge in [0.2, 0.25) is 0 Å². The maximum atomic E-state index is 13.2. The summed E-state index contributed by atoms with van der Waals surface area (Å²) >= 11 is 12.3. The molecule has 12 heteroatoms. The Hall–Kier alpha value is -3.70. The SMILES string of the molecule is COc1cccc(Cl)c1NC(=O)c1cc2ccccc2c(N=Nc2cc(C)cc(Cl)c2S(=O)(=O)O)c1O. The van der Waals surface area contributed by atoms with Gasteiger partial charge < -0.3 is 15.2 Å². The van der Waals surface area contributed by atoms with Crippen molar-refractivity contribution in [2.75, 3.05) is 12.4 Å². The number of carbonyl (C=O) groups excluding carboxylic acids is 1. The number of aromatic hydroxyl groups is 1. The van der Waals surface area contributed by atoms with Gasteiger partial charge in [-0.15, -0.1) is 10.2 Å². The Kier molecular flexibility index (Phi) is 7.37. The molecule has 0 aromatic heterocycles. The molecule has 0 saturated carbocycles. The fourth-order valence-corrected chi connectivity index (χ4v) is 5.16. The fourth-order valence-electron chi connectivity index (χ4n) is 3.71. The van der Waals surface area contributed by atoms with Crippen LogP contribution >= 0.6 is 23.2 Å². The van der Waals surface area contributed by atoms with Gasteiger partial charge in [-0.2, -0.15) is 8.42 Å². The average Bonchev–Trinajstić information content (AvgIpc) is 2.83. The summed E-state index contributed by atoms with van der Waals surface area (Å²) in [6.45, 7) is 1.65. The molecule has 190 valence electrons. The number of para-hydroxylation sites is 1. The molecule has 0 aliphatic carbocycles. The Bertz CT molecular complexity index is 1690. The molecule has 4 aromatic rings. The Balaban J connectivity index is 1.87. The number of hydrogen-bond donors (Lipinski definition) is 3. The number of fused-ring (bicyclic) bond motifs is 1. The van der Waals surface area contributed by atoms with E-state index < -0.39 is 26.7 Å². The third kappa shape index (κ3) is 5.37. The van der Waals surface area contributed by atoms with Crippen molar-refractivity contribution in [2.45, 2.75) is 11.8 Å². The van der Waals surface area contributed by atoms with Crippen LogP contribution in [0.1, 0.15) is 15.9 Å². The Labute approximate surface area is 222 Å². The lowest BCUT2D eigenvalue weighted by Gasteiger charge is -2.14. The van der Waals surface area contributed by atoms with E-state index >= 15 is 0 Å². The largest absolute Gasteiger partial charge is 0.505 e. The first-order valence-corrected chi connectivity index (χ1v) is 12.8. The van der Waals surface area contributed by atoms with Crippen molar-refractivity contribution in [1.82, 2.24) is 0 Å². The van der Waals surface area contributed by atoms with E-state index in [9.17, 15) is 22.9 Å². The molecular weight excluding hydrogens is 541 g/mol. The average molecular weight is 560 g/mol. The number of hydrogen-bond acceptors (Lipinski definition) is 7. The number of carbonyl (C=O) groups is 1. The molecule has 0 aliphatic rings. The number of azo groups is 1. The highest BCUT2D eigenvalue weighted by atomic mass is 35.5. The highest BCUT2D eigenvalue weighted by Crippen LogP contribution is 2.42. The van der Waals surface area contributed by atoms with Gasteiger partial charge in [-0.05, 0) is 48.2 Å². The predicted molar refractivity (Wildman–Crippen MR) is 142 cm³/mol. The number of nitrogens with zero attached hydrogens (tertiary/aromatic N) is 2. The van der Waals surface area contributed by atoms with Crippen LogP contribution in [0.5, 0.6) is 11.5 Å². The predicted octanol–water partition coefficient (Wildman–Crippen LogP) is 7.08. The number of benzene rings is 4. The van der Waals surface area contributed by atoms with E-state index in [1.165, 1.54) is 25.3 Å². The number of methoxy groups -OCH3 is 1. The summed E-state index contributed by atoms with van der Waals surface area (Å²) in [7, 11) is -3.32. The third-order valence-corrected chi connectivity index (χ3v) is 7.03. The summed E-state index contributed by atoms with van der Waals surface area (Å²) in [6.07, 6.45) is 0. The van der Waals surface area contributed by atoms with E-state index in [4.69, 9.17) is 27.9 Å². The first-order valence-electron chi connectivity index (χ1n) is 10.6. The zero-order chi connectivity index (χ0) is 26.9. The molecule has 0 fully saturated rings. The molecule has 0 bridgehead atoms. The van der Waals surface area contributed by atoms with E-state index in [0.717, 1.165) is 0 Å². The lowest BCUT2D eigenvalue weighted by atomic mass is 10.0. The topological polar surface area (TPSA) is 138 Å². The van der Waals surface area contributed by atoms with E-state index in [-0.39, 0.29) is 32.7 Å². The highest BCUT2D eigenvalue weighted by Gasteiger charge is 2.23. The van der Waals surface area contributed by atoms with Crippen LogP contribution in [0.25, 0.3) is 10.8 Å². The van der Waals surface area contributed by atoms with Crippen LogP contribution < -0.4 is 10.1 Å². The number of amides is 1. The minimum Gasteiger partial charge on any atom is -0.505 e. The zero-order valence-corrected chi connectivity index (χ0v) is 21.7. The van der Waals surface area contributed by atoms with Crippen molar-refractivity contribution in [3.8, 4) is 11.5 Å². The molecular formula is C25H19Cl2N3O6S. The van der Waals surface area contributed by atoms with E-state index in [1.807, 2.05) is 0 Å². The molecule has 0 spiro atoms. The van der Waals surface area contributed by atoms with Gasteiger partial charge >= 0.3 is 0 Å². The van der Waals surface area contributed by atoms with Crippen LogP contribution in [-0.4, -0.2) is 31.1 Å². The lowest BCUT2D eigenvalue weighted by Crippen LogP contribution is -2.13. The lowest BCUT2D eigenvalue weighted by molar-refractivity contribution is 0.102. The summed E-state index contributed by atoms with van der Waals surface area (Å²) in [5, 5.41) is 22.7. The Morgan fingerprint density at radius 2 is 1.73 bits per heavy atom. The second-order valence-electron chi connectivity index (χ2n) is 7.88. The van der Waals surface area contributed by atoms with Crippen LogP contribution in [0, 0.1) is 6.92 Å². The first kappa shape index (κ1) is 26.4. The maximum Gasteiger partial charge on any atom is 0.298 e. The number of phenols is 1. The Morgan fingerprint density at radius 1 is 1.00 bits per heavy atom. The van der Waals surface area contributed by atoms with E-state index in [0.29, 0.717) is 22.1 Å². The molecule has 9 nitrogen and oxygen atoms in total. The van der Waals surface area contributed by atoms with Crippen LogP contribution in [0.2, 0.25) is 10.0 Å². The molecule has 0 radical (unpaired) electrons. The van der Waals surface area contributed by atoms with Crippen LogP contribution in [0.4, 0.5) is 17.1 Å². The summed E-state index contributed by atoms with van der Waals surface area (Å²) < 4.78 is 38.7. The monoisotopic (exact) mass is 559 g/mol. The van der Waals surface area contributed by atoms with E-state index in [2.05, 4.69) is 15.5 Å². The fraction of sp³-hybridized carbons (Fsp3) is 0.0800. The Morgan fingerprint density at radius 3 is 2.43 bits per heavy atom. The molecule has 0 heterocycles. The normalized spacial score (nSPS) is 11.7. The quantitative estimate of drug-likeness (QED) is 0.170. The van der Waals surface area contributed by atoms with Gasteiger partial charge in [0.25, 0.3) is 16.0 Å².